The molecule has 0 saturated carbocycles. The standard InChI is InChI=1S/C18H22N2O2/c1-14(11-13-22-16-8-4-3-5-9-16)18(21)20-15(2)17-10-6-7-12-19-17/h3-10,12,14-15H,11,13H2,1-2H3,(H,20,21)/t14-,15+/m1/s1. The molecular formula is C18H22N2O2. The van der Waals surface area contributed by atoms with Crippen LogP contribution in [0.5, 0.6) is 5.75 Å². The highest BCUT2D eigenvalue weighted by Gasteiger charge is 2.16. The molecule has 0 aliphatic carbocycles. The van der Waals surface area contributed by atoms with Crippen molar-refractivity contribution >= 4 is 5.91 Å². The molecule has 1 heterocycles. The molecule has 0 radical (unpaired) electrons. The summed E-state index contributed by atoms with van der Waals surface area (Å²) in [5.41, 5.74) is 0.864. The minimum Gasteiger partial charge on any atom is -0.494 e. The van der Waals surface area contributed by atoms with E-state index in [0.717, 1.165) is 11.4 Å². The Balaban J connectivity index is 1.75. The number of hydrogen-bond donors (Lipinski definition) is 1. The minimum atomic E-state index is -0.102. The summed E-state index contributed by atoms with van der Waals surface area (Å²) >= 11 is 0. The van der Waals surface area contributed by atoms with Crippen molar-refractivity contribution in [2.45, 2.75) is 26.3 Å². The molecule has 4 nitrogen and oxygen atoms in total. The van der Waals surface area contributed by atoms with Crippen molar-refractivity contribution < 1.29 is 9.53 Å². The Morgan fingerprint density at radius 2 is 1.86 bits per heavy atom. The number of aromatic nitrogens is 1. The molecule has 0 fully saturated rings. The maximum Gasteiger partial charge on any atom is 0.223 e. The minimum absolute atomic E-state index is 0.0230. The molecule has 0 aliphatic heterocycles. The van der Waals surface area contributed by atoms with Crippen molar-refractivity contribution in [3.05, 3.63) is 60.4 Å². The van der Waals surface area contributed by atoms with Gasteiger partial charge in [-0.2, -0.15) is 0 Å². The molecule has 2 atom stereocenters. The number of carbonyl (C=O) groups is 1. The summed E-state index contributed by atoms with van der Waals surface area (Å²) in [7, 11) is 0. The van der Waals surface area contributed by atoms with Crippen molar-refractivity contribution in [3.8, 4) is 5.75 Å². The summed E-state index contributed by atoms with van der Waals surface area (Å²) in [5, 5.41) is 2.99. The van der Waals surface area contributed by atoms with E-state index in [0.29, 0.717) is 13.0 Å². The van der Waals surface area contributed by atoms with Crippen LogP contribution in [0.1, 0.15) is 32.0 Å². The molecular weight excluding hydrogens is 276 g/mol. The quantitative estimate of drug-likeness (QED) is 0.852. The van der Waals surface area contributed by atoms with Crippen LogP contribution in [0.3, 0.4) is 0 Å². The number of hydrogen-bond acceptors (Lipinski definition) is 3. The zero-order chi connectivity index (χ0) is 15.8. The van der Waals surface area contributed by atoms with Crippen LogP contribution in [0.15, 0.2) is 54.7 Å². The second-order valence-electron chi connectivity index (χ2n) is 5.34. The maximum absolute atomic E-state index is 12.2. The van der Waals surface area contributed by atoms with E-state index in [1.54, 1.807) is 6.20 Å². The third-order valence-electron chi connectivity index (χ3n) is 3.50. The number of benzene rings is 1. The average Bonchev–Trinajstić information content (AvgIpc) is 2.56. The van der Waals surface area contributed by atoms with Gasteiger partial charge in [-0.25, -0.2) is 0 Å². The van der Waals surface area contributed by atoms with E-state index in [2.05, 4.69) is 10.3 Å². The highest BCUT2D eigenvalue weighted by Crippen LogP contribution is 2.13. The predicted octanol–water partition coefficient (Wildman–Crippen LogP) is 3.36. The fourth-order valence-electron chi connectivity index (χ4n) is 2.06. The zero-order valence-corrected chi connectivity index (χ0v) is 13.0. The second kappa shape index (κ2) is 8.17. The lowest BCUT2D eigenvalue weighted by atomic mass is 10.1. The van der Waals surface area contributed by atoms with Crippen LogP contribution in [-0.2, 0) is 4.79 Å². The van der Waals surface area contributed by atoms with Gasteiger partial charge in [0.15, 0.2) is 0 Å². The Kier molecular flexibility index (Phi) is 5.95. The number of para-hydroxylation sites is 1. The Morgan fingerprint density at radius 1 is 1.14 bits per heavy atom. The van der Waals surface area contributed by atoms with Crippen molar-refractivity contribution in [1.82, 2.24) is 10.3 Å². The van der Waals surface area contributed by atoms with Gasteiger partial charge in [0, 0.05) is 12.1 Å². The van der Waals surface area contributed by atoms with E-state index < -0.39 is 0 Å². The lowest BCUT2D eigenvalue weighted by molar-refractivity contribution is -0.125. The lowest BCUT2D eigenvalue weighted by Crippen LogP contribution is -2.32. The number of rotatable bonds is 7. The molecule has 1 aromatic carbocycles. The number of ether oxygens (including phenoxy) is 1. The zero-order valence-electron chi connectivity index (χ0n) is 13.0. The third-order valence-corrected chi connectivity index (χ3v) is 3.50. The van der Waals surface area contributed by atoms with Crippen molar-refractivity contribution in [2.75, 3.05) is 6.61 Å². The van der Waals surface area contributed by atoms with Crippen LogP contribution < -0.4 is 10.1 Å². The van der Waals surface area contributed by atoms with Gasteiger partial charge in [0.25, 0.3) is 0 Å². The molecule has 2 aromatic rings. The highest BCUT2D eigenvalue weighted by atomic mass is 16.5. The van der Waals surface area contributed by atoms with Crippen LogP contribution in [-0.4, -0.2) is 17.5 Å². The van der Waals surface area contributed by atoms with E-state index in [9.17, 15) is 4.79 Å². The van der Waals surface area contributed by atoms with Crippen LogP contribution in [0.2, 0.25) is 0 Å². The topological polar surface area (TPSA) is 51.2 Å². The summed E-state index contributed by atoms with van der Waals surface area (Å²) in [6, 6.07) is 15.2. The number of nitrogens with one attached hydrogen (secondary N) is 1. The van der Waals surface area contributed by atoms with Crippen LogP contribution in [0.4, 0.5) is 0 Å². The Hall–Kier alpha value is -2.36. The van der Waals surface area contributed by atoms with E-state index in [1.165, 1.54) is 0 Å². The monoisotopic (exact) mass is 298 g/mol. The van der Waals surface area contributed by atoms with E-state index in [-0.39, 0.29) is 17.9 Å². The molecule has 0 saturated heterocycles. The molecule has 1 aromatic heterocycles. The summed E-state index contributed by atoms with van der Waals surface area (Å²) < 4.78 is 5.62. The number of carbonyl (C=O) groups excluding carboxylic acids is 1. The van der Waals surface area contributed by atoms with E-state index >= 15 is 0 Å². The van der Waals surface area contributed by atoms with Gasteiger partial charge < -0.3 is 10.1 Å². The first-order valence-corrected chi connectivity index (χ1v) is 7.56. The van der Waals surface area contributed by atoms with Gasteiger partial charge in [-0.15, -0.1) is 0 Å². The summed E-state index contributed by atoms with van der Waals surface area (Å²) in [5.74, 6) is 0.752. The van der Waals surface area contributed by atoms with Gasteiger partial charge in [0.05, 0.1) is 18.3 Å². The van der Waals surface area contributed by atoms with Crippen molar-refractivity contribution in [3.63, 3.8) is 0 Å². The molecule has 4 heteroatoms. The molecule has 2 rings (SSSR count). The van der Waals surface area contributed by atoms with Gasteiger partial charge in [-0.1, -0.05) is 31.2 Å². The second-order valence-corrected chi connectivity index (χ2v) is 5.34. The first-order valence-electron chi connectivity index (χ1n) is 7.56. The van der Waals surface area contributed by atoms with E-state index in [4.69, 9.17) is 4.74 Å². The average molecular weight is 298 g/mol. The molecule has 0 spiro atoms. The molecule has 0 aliphatic rings. The molecule has 0 unspecified atom stereocenters. The fraction of sp³-hybridized carbons (Fsp3) is 0.333. The molecule has 0 bridgehead atoms. The Morgan fingerprint density at radius 3 is 2.55 bits per heavy atom. The van der Waals surface area contributed by atoms with Gasteiger partial charge in [-0.3, -0.25) is 9.78 Å². The summed E-state index contributed by atoms with van der Waals surface area (Å²) in [4.78, 5) is 16.4. The Labute approximate surface area is 131 Å². The fourth-order valence-corrected chi connectivity index (χ4v) is 2.06. The lowest BCUT2D eigenvalue weighted by Gasteiger charge is -2.17. The normalized spacial score (nSPS) is 13.2. The Bertz CT molecular complexity index is 572. The SMILES string of the molecule is C[C@H](CCOc1ccccc1)C(=O)N[C@@H](C)c1ccccn1. The van der Waals surface area contributed by atoms with Gasteiger partial charge in [0.1, 0.15) is 5.75 Å². The molecule has 116 valence electrons. The number of nitrogens with zero attached hydrogens (tertiary/aromatic N) is 1. The largest absolute Gasteiger partial charge is 0.494 e. The van der Waals surface area contributed by atoms with Gasteiger partial charge >= 0.3 is 0 Å². The van der Waals surface area contributed by atoms with E-state index in [1.807, 2.05) is 62.4 Å². The molecule has 22 heavy (non-hydrogen) atoms. The summed E-state index contributed by atoms with van der Waals surface area (Å²) in [6.07, 6.45) is 2.41. The van der Waals surface area contributed by atoms with Crippen LogP contribution in [0.25, 0.3) is 0 Å². The number of amides is 1. The third kappa shape index (κ3) is 4.88. The smallest absolute Gasteiger partial charge is 0.223 e. The maximum atomic E-state index is 12.2. The van der Waals surface area contributed by atoms with Crippen molar-refractivity contribution in [1.29, 1.82) is 0 Å². The molecule has 1 amide bonds. The summed E-state index contributed by atoms with van der Waals surface area (Å²) in [6.45, 7) is 4.37. The number of pyridine rings is 1. The first kappa shape index (κ1) is 16.0. The predicted molar refractivity (Wildman–Crippen MR) is 86.5 cm³/mol. The highest BCUT2D eigenvalue weighted by molar-refractivity contribution is 5.78. The van der Waals surface area contributed by atoms with Crippen LogP contribution in [0, 0.1) is 5.92 Å². The molecule has 1 N–H and O–H groups in total. The van der Waals surface area contributed by atoms with Gasteiger partial charge in [0.2, 0.25) is 5.91 Å². The van der Waals surface area contributed by atoms with Crippen molar-refractivity contribution in [2.24, 2.45) is 5.92 Å². The first-order chi connectivity index (χ1) is 10.7. The van der Waals surface area contributed by atoms with Gasteiger partial charge in [-0.05, 0) is 37.6 Å². The van der Waals surface area contributed by atoms with Crippen LogP contribution >= 0.6 is 0 Å².